The average Bonchev–Trinajstić information content (AvgIpc) is 3.46. The average molecular weight is 549 g/mol. The molecule has 0 spiro atoms. The third-order valence-electron chi connectivity index (χ3n) is 5.31. The Kier molecular flexibility index (Phi) is 8.33. The van der Waals surface area contributed by atoms with Crippen molar-refractivity contribution in [2.24, 2.45) is 0 Å². The molecule has 16 heteroatoms. The second kappa shape index (κ2) is 10.9. The Morgan fingerprint density at radius 3 is 2.50 bits per heavy atom. The van der Waals surface area contributed by atoms with Crippen molar-refractivity contribution in [1.82, 2.24) is 29.1 Å². The van der Waals surface area contributed by atoms with E-state index in [1.54, 1.807) is 34.1 Å². The van der Waals surface area contributed by atoms with E-state index in [2.05, 4.69) is 20.4 Å². The summed E-state index contributed by atoms with van der Waals surface area (Å²) in [6, 6.07) is 7.12. The Bertz CT molecular complexity index is 1330. The summed E-state index contributed by atoms with van der Waals surface area (Å²) in [5, 5.41) is 20.5. The standard InChI is InChI=1S/C18H22N6O3S2.C2HF3O2/c1-22-7-8-23(29(2,26)27)12-15(22)17-21-20-16-6-5-13(11-24(16)17)18(25)19-10-14-4-3-9-28-14;3-2(4,5)1(6)7/h3-6,9,11,15H,7-8,10,12H2,1-2H3,(H,19,25);(H,6,7). The van der Waals surface area contributed by atoms with Crippen LogP contribution in [0.2, 0.25) is 0 Å². The summed E-state index contributed by atoms with van der Waals surface area (Å²) in [5.74, 6) is -2.33. The molecule has 1 saturated heterocycles. The molecule has 4 heterocycles. The highest BCUT2D eigenvalue weighted by Gasteiger charge is 2.38. The van der Waals surface area contributed by atoms with Gasteiger partial charge in [0.05, 0.1) is 24.4 Å². The normalized spacial score (nSPS) is 17.4. The van der Waals surface area contributed by atoms with Gasteiger partial charge >= 0.3 is 12.1 Å². The number of aliphatic carboxylic acids is 1. The first-order chi connectivity index (χ1) is 16.8. The molecule has 196 valence electrons. The summed E-state index contributed by atoms with van der Waals surface area (Å²) in [6.45, 7) is 1.80. The number of nitrogens with zero attached hydrogens (tertiary/aromatic N) is 5. The lowest BCUT2D eigenvalue weighted by Crippen LogP contribution is -2.49. The lowest BCUT2D eigenvalue weighted by molar-refractivity contribution is -0.192. The molecule has 3 aromatic rings. The number of pyridine rings is 1. The van der Waals surface area contributed by atoms with Crippen LogP contribution in [0.5, 0.6) is 0 Å². The van der Waals surface area contributed by atoms with Crippen molar-refractivity contribution < 1.29 is 36.3 Å². The molecule has 3 aromatic heterocycles. The maximum atomic E-state index is 12.6. The molecular weight excluding hydrogens is 525 g/mol. The molecule has 1 aliphatic heterocycles. The molecule has 1 atom stereocenters. The number of halogens is 3. The Hall–Kier alpha value is -3.08. The van der Waals surface area contributed by atoms with E-state index in [1.807, 2.05) is 24.6 Å². The van der Waals surface area contributed by atoms with Crippen molar-refractivity contribution in [3.05, 3.63) is 52.1 Å². The smallest absolute Gasteiger partial charge is 0.475 e. The molecule has 1 unspecified atom stereocenters. The zero-order valence-electron chi connectivity index (χ0n) is 19.1. The van der Waals surface area contributed by atoms with Crippen LogP contribution in [0.3, 0.4) is 0 Å². The van der Waals surface area contributed by atoms with Gasteiger partial charge < -0.3 is 10.4 Å². The third-order valence-corrected chi connectivity index (χ3v) is 7.46. The number of hydrogen-bond acceptors (Lipinski definition) is 8. The lowest BCUT2D eigenvalue weighted by Gasteiger charge is -2.37. The van der Waals surface area contributed by atoms with Crippen LogP contribution in [0, 0.1) is 0 Å². The number of thiophene rings is 1. The van der Waals surface area contributed by atoms with E-state index < -0.39 is 22.2 Å². The van der Waals surface area contributed by atoms with Crippen molar-refractivity contribution in [1.29, 1.82) is 0 Å². The number of carbonyl (C=O) groups is 2. The second-order valence-electron chi connectivity index (χ2n) is 7.89. The number of alkyl halides is 3. The molecule has 4 rings (SSSR count). The molecule has 36 heavy (non-hydrogen) atoms. The number of hydrogen-bond donors (Lipinski definition) is 2. The fourth-order valence-corrected chi connectivity index (χ4v) is 4.85. The number of nitrogens with one attached hydrogen (secondary N) is 1. The van der Waals surface area contributed by atoms with Crippen LogP contribution in [-0.4, -0.2) is 88.3 Å². The first-order valence-electron chi connectivity index (χ1n) is 10.4. The van der Waals surface area contributed by atoms with E-state index >= 15 is 0 Å². The van der Waals surface area contributed by atoms with Gasteiger partial charge in [-0.3, -0.25) is 14.1 Å². The summed E-state index contributed by atoms with van der Waals surface area (Å²) in [4.78, 5) is 24.6. The van der Waals surface area contributed by atoms with Crippen molar-refractivity contribution in [2.45, 2.75) is 18.8 Å². The van der Waals surface area contributed by atoms with E-state index in [-0.39, 0.29) is 11.9 Å². The number of aromatic nitrogens is 3. The number of rotatable bonds is 5. The number of amides is 1. The molecule has 11 nitrogen and oxygen atoms in total. The zero-order chi connectivity index (χ0) is 26.7. The summed E-state index contributed by atoms with van der Waals surface area (Å²) >= 11 is 1.59. The zero-order valence-corrected chi connectivity index (χ0v) is 20.8. The molecule has 0 radical (unpaired) electrons. The molecule has 0 saturated carbocycles. The fourth-order valence-electron chi connectivity index (χ4n) is 3.38. The van der Waals surface area contributed by atoms with Gasteiger partial charge in [0.15, 0.2) is 11.5 Å². The van der Waals surface area contributed by atoms with Gasteiger partial charge in [-0.1, -0.05) is 6.07 Å². The molecule has 1 aliphatic rings. The predicted octanol–water partition coefficient (Wildman–Crippen LogP) is 1.60. The lowest BCUT2D eigenvalue weighted by atomic mass is 10.2. The van der Waals surface area contributed by atoms with Gasteiger partial charge in [-0.05, 0) is 30.6 Å². The van der Waals surface area contributed by atoms with E-state index in [9.17, 15) is 26.4 Å². The molecule has 0 bridgehead atoms. The van der Waals surface area contributed by atoms with Crippen LogP contribution in [0.15, 0.2) is 35.8 Å². The molecule has 2 N–H and O–H groups in total. The van der Waals surface area contributed by atoms with Crippen LogP contribution in [0.25, 0.3) is 5.65 Å². The van der Waals surface area contributed by atoms with Crippen LogP contribution in [-0.2, 0) is 21.4 Å². The molecular formula is C20H23F3N6O5S2. The van der Waals surface area contributed by atoms with Gasteiger partial charge in [0.1, 0.15) is 0 Å². The number of fused-ring (bicyclic) bond motifs is 1. The first-order valence-corrected chi connectivity index (χ1v) is 13.1. The predicted molar refractivity (Wildman–Crippen MR) is 124 cm³/mol. The van der Waals surface area contributed by atoms with Gasteiger partial charge in [0, 0.05) is 30.7 Å². The number of sulfonamides is 1. The Labute approximate surface area is 208 Å². The van der Waals surface area contributed by atoms with Crippen molar-refractivity contribution >= 4 is 38.9 Å². The van der Waals surface area contributed by atoms with Crippen molar-refractivity contribution in [3.63, 3.8) is 0 Å². The highest BCUT2D eigenvalue weighted by Crippen LogP contribution is 2.25. The monoisotopic (exact) mass is 548 g/mol. The molecule has 1 amide bonds. The van der Waals surface area contributed by atoms with Crippen molar-refractivity contribution in [3.8, 4) is 0 Å². The van der Waals surface area contributed by atoms with E-state index in [0.717, 1.165) is 4.88 Å². The van der Waals surface area contributed by atoms with Crippen LogP contribution >= 0.6 is 11.3 Å². The van der Waals surface area contributed by atoms with Crippen molar-refractivity contribution in [2.75, 3.05) is 32.9 Å². The topological polar surface area (TPSA) is 137 Å². The van der Waals surface area contributed by atoms with Gasteiger partial charge in [0.25, 0.3) is 5.91 Å². The fraction of sp³-hybridized carbons (Fsp3) is 0.400. The van der Waals surface area contributed by atoms with E-state index in [4.69, 9.17) is 9.90 Å². The highest BCUT2D eigenvalue weighted by molar-refractivity contribution is 7.88. The summed E-state index contributed by atoms with van der Waals surface area (Å²) < 4.78 is 59.0. The maximum Gasteiger partial charge on any atom is 0.490 e. The molecule has 0 aliphatic carbocycles. The minimum atomic E-state index is -5.08. The summed E-state index contributed by atoms with van der Waals surface area (Å²) in [7, 11) is -1.36. The first kappa shape index (κ1) is 27.5. The van der Waals surface area contributed by atoms with Crippen LogP contribution in [0.1, 0.15) is 27.1 Å². The summed E-state index contributed by atoms with van der Waals surface area (Å²) in [6.07, 6.45) is -2.16. The number of likely N-dealkylation sites (N-methyl/N-ethyl adjacent to an activating group) is 1. The second-order valence-corrected chi connectivity index (χ2v) is 10.9. The van der Waals surface area contributed by atoms with E-state index in [0.29, 0.717) is 43.2 Å². The SMILES string of the molecule is CN1CCN(S(C)(=O)=O)CC1c1nnc2ccc(C(=O)NCc3cccs3)cn12.O=C(O)C(F)(F)F. The van der Waals surface area contributed by atoms with Crippen LogP contribution < -0.4 is 5.32 Å². The number of carboxylic acids is 1. The number of piperazine rings is 1. The Balaban J connectivity index is 0.000000454. The largest absolute Gasteiger partial charge is 0.490 e. The minimum absolute atomic E-state index is 0.185. The molecule has 0 aromatic carbocycles. The number of carbonyl (C=O) groups excluding carboxylic acids is 1. The minimum Gasteiger partial charge on any atom is -0.475 e. The third kappa shape index (κ3) is 6.77. The van der Waals surface area contributed by atoms with Gasteiger partial charge in [-0.2, -0.15) is 17.5 Å². The van der Waals surface area contributed by atoms with E-state index in [1.165, 1.54) is 10.6 Å². The van der Waals surface area contributed by atoms with Gasteiger partial charge in [-0.15, -0.1) is 21.5 Å². The molecule has 1 fully saturated rings. The Morgan fingerprint density at radius 2 is 1.92 bits per heavy atom. The Morgan fingerprint density at radius 1 is 1.22 bits per heavy atom. The van der Waals surface area contributed by atoms with Crippen LogP contribution in [0.4, 0.5) is 13.2 Å². The number of carboxylic acid groups (broad SMARTS) is 1. The quantitative estimate of drug-likeness (QED) is 0.491. The van der Waals surface area contributed by atoms with Gasteiger partial charge in [-0.25, -0.2) is 13.2 Å². The van der Waals surface area contributed by atoms with Gasteiger partial charge in [0.2, 0.25) is 10.0 Å². The maximum absolute atomic E-state index is 12.6. The highest BCUT2D eigenvalue weighted by atomic mass is 32.2. The summed E-state index contributed by atoms with van der Waals surface area (Å²) in [5.41, 5.74) is 1.10.